The standard InChI is InChI=1S/C11H14N2S3/c1-2-5-12-11-13-7-9(16-11)8-15-10-4-3-6-14-10/h3-4,6-7H,2,5,8H2,1H3,(H,12,13). The Morgan fingerprint density at radius 3 is 3.19 bits per heavy atom. The van der Waals surface area contributed by atoms with Gasteiger partial charge in [0.15, 0.2) is 5.13 Å². The van der Waals surface area contributed by atoms with Crippen LogP contribution in [-0.2, 0) is 5.75 Å². The maximum atomic E-state index is 4.35. The summed E-state index contributed by atoms with van der Waals surface area (Å²) in [6.07, 6.45) is 3.11. The second-order valence-electron chi connectivity index (χ2n) is 3.28. The van der Waals surface area contributed by atoms with Crippen LogP contribution in [0.3, 0.4) is 0 Å². The molecule has 0 radical (unpaired) electrons. The molecule has 0 aliphatic heterocycles. The molecule has 2 nitrogen and oxygen atoms in total. The molecule has 0 aliphatic rings. The first-order valence-electron chi connectivity index (χ1n) is 5.23. The monoisotopic (exact) mass is 270 g/mol. The van der Waals surface area contributed by atoms with Crippen LogP contribution in [0.1, 0.15) is 18.2 Å². The molecule has 2 rings (SSSR count). The molecule has 0 fully saturated rings. The Balaban J connectivity index is 1.83. The molecular weight excluding hydrogens is 256 g/mol. The van der Waals surface area contributed by atoms with Crippen molar-refractivity contribution in [2.45, 2.75) is 23.3 Å². The summed E-state index contributed by atoms with van der Waals surface area (Å²) in [6, 6.07) is 4.25. The Morgan fingerprint density at radius 2 is 2.44 bits per heavy atom. The van der Waals surface area contributed by atoms with Crippen LogP contribution in [0, 0.1) is 0 Å². The summed E-state index contributed by atoms with van der Waals surface area (Å²) in [5.41, 5.74) is 0. The average molecular weight is 270 g/mol. The lowest BCUT2D eigenvalue weighted by atomic mass is 10.5. The Kier molecular flexibility index (Phi) is 4.69. The lowest BCUT2D eigenvalue weighted by Gasteiger charge is -1.97. The molecule has 0 saturated heterocycles. The van der Waals surface area contributed by atoms with Gasteiger partial charge in [0, 0.05) is 23.4 Å². The van der Waals surface area contributed by atoms with Gasteiger partial charge in [0.2, 0.25) is 0 Å². The fourth-order valence-electron chi connectivity index (χ4n) is 1.18. The van der Waals surface area contributed by atoms with Gasteiger partial charge in [0.25, 0.3) is 0 Å². The first-order chi connectivity index (χ1) is 7.88. The predicted octanol–water partition coefficient (Wildman–Crippen LogP) is 4.32. The number of nitrogens with zero attached hydrogens (tertiary/aromatic N) is 1. The lowest BCUT2D eigenvalue weighted by Crippen LogP contribution is -1.97. The van der Waals surface area contributed by atoms with Crippen molar-refractivity contribution in [2.75, 3.05) is 11.9 Å². The summed E-state index contributed by atoms with van der Waals surface area (Å²) in [4.78, 5) is 5.68. The van der Waals surface area contributed by atoms with E-state index >= 15 is 0 Å². The molecule has 0 spiro atoms. The van der Waals surface area contributed by atoms with Crippen LogP contribution < -0.4 is 5.32 Å². The molecule has 0 aliphatic carbocycles. The molecule has 0 atom stereocenters. The van der Waals surface area contributed by atoms with E-state index in [9.17, 15) is 0 Å². The second-order valence-corrected chi connectivity index (χ2v) is 6.62. The number of nitrogens with one attached hydrogen (secondary N) is 1. The van der Waals surface area contributed by atoms with Crippen molar-refractivity contribution < 1.29 is 0 Å². The van der Waals surface area contributed by atoms with Gasteiger partial charge >= 0.3 is 0 Å². The zero-order chi connectivity index (χ0) is 11.2. The van der Waals surface area contributed by atoms with Crippen LogP contribution in [-0.4, -0.2) is 11.5 Å². The van der Waals surface area contributed by atoms with Crippen molar-refractivity contribution in [2.24, 2.45) is 0 Å². The summed E-state index contributed by atoms with van der Waals surface area (Å²) in [7, 11) is 0. The van der Waals surface area contributed by atoms with Crippen LogP contribution in [0.25, 0.3) is 0 Å². The molecule has 0 unspecified atom stereocenters. The quantitative estimate of drug-likeness (QED) is 0.791. The fourth-order valence-corrected chi connectivity index (χ4v) is 3.82. The highest BCUT2D eigenvalue weighted by Gasteiger charge is 2.02. The molecule has 0 aromatic carbocycles. The van der Waals surface area contributed by atoms with E-state index in [1.54, 1.807) is 22.7 Å². The first kappa shape index (κ1) is 12.0. The van der Waals surface area contributed by atoms with Gasteiger partial charge in [0.1, 0.15) is 0 Å². The van der Waals surface area contributed by atoms with Gasteiger partial charge in [-0.25, -0.2) is 4.98 Å². The first-order valence-corrected chi connectivity index (χ1v) is 7.91. The lowest BCUT2D eigenvalue weighted by molar-refractivity contribution is 0.976. The Hall–Kier alpha value is -0.520. The molecule has 2 heterocycles. The number of thiazole rings is 1. The van der Waals surface area contributed by atoms with Crippen LogP contribution in [0.15, 0.2) is 27.9 Å². The van der Waals surface area contributed by atoms with Crippen LogP contribution in [0.2, 0.25) is 0 Å². The van der Waals surface area contributed by atoms with Crippen molar-refractivity contribution in [3.8, 4) is 0 Å². The minimum Gasteiger partial charge on any atom is -0.362 e. The summed E-state index contributed by atoms with van der Waals surface area (Å²) < 4.78 is 1.37. The van der Waals surface area contributed by atoms with Gasteiger partial charge < -0.3 is 5.32 Å². The number of hydrogen-bond donors (Lipinski definition) is 1. The van der Waals surface area contributed by atoms with E-state index in [1.807, 2.05) is 18.0 Å². The molecule has 2 aromatic rings. The Labute approximate surface area is 108 Å². The van der Waals surface area contributed by atoms with Gasteiger partial charge in [-0.3, -0.25) is 0 Å². The SMILES string of the molecule is CCCNc1ncc(CSc2cccs2)s1. The number of aromatic nitrogens is 1. The number of hydrogen-bond acceptors (Lipinski definition) is 5. The zero-order valence-corrected chi connectivity index (χ0v) is 11.6. The number of rotatable bonds is 6. The average Bonchev–Trinajstić information content (AvgIpc) is 2.95. The fraction of sp³-hybridized carbons (Fsp3) is 0.364. The normalized spacial score (nSPS) is 10.6. The van der Waals surface area contributed by atoms with Crippen molar-refractivity contribution in [3.05, 3.63) is 28.6 Å². The van der Waals surface area contributed by atoms with E-state index in [0.29, 0.717) is 0 Å². The van der Waals surface area contributed by atoms with Gasteiger partial charge in [-0.2, -0.15) is 0 Å². The Morgan fingerprint density at radius 1 is 1.50 bits per heavy atom. The molecule has 1 N–H and O–H groups in total. The molecule has 5 heteroatoms. The largest absolute Gasteiger partial charge is 0.362 e. The van der Waals surface area contributed by atoms with Gasteiger partial charge in [-0.1, -0.05) is 13.0 Å². The van der Waals surface area contributed by atoms with Crippen LogP contribution in [0.5, 0.6) is 0 Å². The molecular formula is C11H14N2S3. The van der Waals surface area contributed by atoms with Gasteiger partial charge in [-0.15, -0.1) is 34.4 Å². The van der Waals surface area contributed by atoms with Crippen molar-refractivity contribution in [3.63, 3.8) is 0 Å². The highest BCUT2D eigenvalue weighted by atomic mass is 32.2. The highest BCUT2D eigenvalue weighted by Crippen LogP contribution is 2.29. The summed E-state index contributed by atoms with van der Waals surface area (Å²) in [5, 5.41) is 6.47. The maximum Gasteiger partial charge on any atom is 0.182 e. The second kappa shape index (κ2) is 6.27. The van der Waals surface area contributed by atoms with Crippen molar-refractivity contribution in [1.29, 1.82) is 0 Å². The topological polar surface area (TPSA) is 24.9 Å². The molecule has 16 heavy (non-hydrogen) atoms. The van der Waals surface area contributed by atoms with E-state index in [4.69, 9.17) is 0 Å². The number of anilines is 1. The van der Waals surface area contributed by atoms with E-state index in [1.165, 1.54) is 9.09 Å². The Bertz CT molecular complexity index is 409. The third-order valence-corrected chi connectivity index (χ3v) is 5.25. The van der Waals surface area contributed by atoms with Gasteiger partial charge in [0.05, 0.1) is 4.21 Å². The van der Waals surface area contributed by atoms with Crippen molar-refractivity contribution >= 4 is 39.6 Å². The molecule has 2 aromatic heterocycles. The smallest absolute Gasteiger partial charge is 0.182 e. The summed E-state index contributed by atoms with van der Waals surface area (Å²) in [5.74, 6) is 1.02. The maximum absolute atomic E-state index is 4.35. The zero-order valence-electron chi connectivity index (χ0n) is 9.10. The number of thiophene rings is 1. The predicted molar refractivity (Wildman–Crippen MR) is 74.8 cm³/mol. The third-order valence-electron chi connectivity index (χ3n) is 1.93. The van der Waals surface area contributed by atoms with Gasteiger partial charge in [-0.05, 0) is 17.9 Å². The number of thioether (sulfide) groups is 1. The third kappa shape index (κ3) is 3.50. The van der Waals surface area contributed by atoms with E-state index < -0.39 is 0 Å². The van der Waals surface area contributed by atoms with Crippen LogP contribution >= 0.6 is 34.4 Å². The minimum absolute atomic E-state index is 1.00. The van der Waals surface area contributed by atoms with E-state index in [-0.39, 0.29) is 0 Å². The molecule has 0 saturated carbocycles. The van der Waals surface area contributed by atoms with Crippen molar-refractivity contribution in [1.82, 2.24) is 4.98 Å². The molecule has 0 bridgehead atoms. The van der Waals surface area contributed by atoms with E-state index in [2.05, 4.69) is 34.7 Å². The highest BCUT2D eigenvalue weighted by molar-refractivity contribution is 8.00. The molecule has 0 amide bonds. The van der Waals surface area contributed by atoms with E-state index in [0.717, 1.165) is 23.8 Å². The summed E-state index contributed by atoms with van der Waals surface area (Å²) in [6.45, 7) is 3.17. The molecule has 86 valence electrons. The summed E-state index contributed by atoms with van der Waals surface area (Å²) >= 11 is 5.43. The van der Waals surface area contributed by atoms with Crippen LogP contribution in [0.4, 0.5) is 5.13 Å². The minimum atomic E-state index is 1.00.